The van der Waals surface area contributed by atoms with Crippen LogP contribution in [0.15, 0.2) is 0 Å². The van der Waals surface area contributed by atoms with E-state index in [1.54, 1.807) is 6.92 Å². The molecule has 19 heavy (non-hydrogen) atoms. The van der Waals surface area contributed by atoms with Gasteiger partial charge < -0.3 is 20.3 Å². The molecule has 0 atom stereocenters. The van der Waals surface area contributed by atoms with Crippen molar-refractivity contribution in [3.63, 3.8) is 0 Å². The number of carbonyl (C=O) groups excluding carboxylic acids is 3. The highest BCUT2D eigenvalue weighted by atomic mass is 16.5. The fraction of sp³-hybridized carbons (Fsp3) is 0.750. The van der Waals surface area contributed by atoms with Crippen LogP contribution < -0.4 is 10.6 Å². The number of hydrogen-bond acceptors (Lipinski definition) is 4. The highest BCUT2D eigenvalue weighted by Crippen LogP contribution is 1.89. The van der Waals surface area contributed by atoms with Crippen LogP contribution in [0, 0.1) is 5.92 Å². The number of nitrogens with one attached hydrogen (secondary N) is 2. The van der Waals surface area contributed by atoms with E-state index in [0.717, 1.165) is 0 Å². The second kappa shape index (κ2) is 9.18. The van der Waals surface area contributed by atoms with Gasteiger partial charge in [-0.1, -0.05) is 13.8 Å². The average molecular weight is 273 g/mol. The molecule has 2 N–H and O–H groups in total. The van der Waals surface area contributed by atoms with Gasteiger partial charge >= 0.3 is 12.0 Å². The largest absolute Gasteiger partial charge is 0.465 e. The molecule has 3 amide bonds. The molecule has 0 radical (unpaired) electrons. The maximum Gasteiger partial charge on any atom is 0.325 e. The van der Waals surface area contributed by atoms with Crippen LogP contribution in [-0.4, -0.2) is 56.1 Å². The first-order valence-electron chi connectivity index (χ1n) is 6.28. The monoisotopic (exact) mass is 273 g/mol. The Bertz CT molecular complexity index is 318. The topological polar surface area (TPSA) is 87.7 Å². The van der Waals surface area contributed by atoms with Crippen molar-refractivity contribution in [1.29, 1.82) is 0 Å². The van der Waals surface area contributed by atoms with Gasteiger partial charge in [0.25, 0.3) is 0 Å². The van der Waals surface area contributed by atoms with E-state index in [4.69, 9.17) is 0 Å². The average Bonchev–Trinajstić information content (AvgIpc) is 2.33. The van der Waals surface area contributed by atoms with Crippen LogP contribution in [0.25, 0.3) is 0 Å². The fourth-order valence-corrected chi connectivity index (χ4v) is 1.16. The molecule has 0 fully saturated rings. The van der Waals surface area contributed by atoms with E-state index >= 15 is 0 Å². The quantitative estimate of drug-likeness (QED) is 0.637. The zero-order valence-electron chi connectivity index (χ0n) is 12.0. The molecular formula is C12H23N3O4. The van der Waals surface area contributed by atoms with Gasteiger partial charge in [0, 0.05) is 13.6 Å². The predicted octanol–water partition coefficient (Wildman–Crippen LogP) is -0.0369. The number of rotatable bonds is 7. The van der Waals surface area contributed by atoms with Gasteiger partial charge in [0.1, 0.15) is 13.1 Å². The second-order valence-corrected chi connectivity index (χ2v) is 4.52. The standard InChI is InChI=1S/C12H23N3O4/c1-5-19-11(17)7-14-12(18)15(4)8-10(16)13-6-9(2)3/h9H,5-8H2,1-4H3,(H,13,16)(H,14,18). The summed E-state index contributed by atoms with van der Waals surface area (Å²) < 4.78 is 4.67. The number of urea groups is 1. The second-order valence-electron chi connectivity index (χ2n) is 4.52. The predicted molar refractivity (Wildman–Crippen MR) is 70.5 cm³/mol. The van der Waals surface area contributed by atoms with Crippen molar-refractivity contribution in [2.45, 2.75) is 20.8 Å². The van der Waals surface area contributed by atoms with Gasteiger partial charge in [0.2, 0.25) is 5.91 Å². The number of esters is 1. The van der Waals surface area contributed by atoms with Crippen LogP contribution in [-0.2, 0) is 14.3 Å². The Hall–Kier alpha value is -1.79. The molecule has 0 saturated carbocycles. The van der Waals surface area contributed by atoms with Gasteiger partial charge in [-0.3, -0.25) is 9.59 Å². The zero-order chi connectivity index (χ0) is 14.8. The Labute approximate surface area is 113 Å². The number of amides is 3. The highest BCUT2D eigenvalue weighted by molar-refractivity contribution is 5.85. The van der Waals surface area contributed by atoms with E-state index < -0.39 is 12.0 Å². The van der Waals surface area contributed by atoms with Crippen LogP contribution in [0.2, 0.25) is 0 Å². The number of carbonyl (C=O) groups is 3. The van der Waals surface area contributed by atoms with E-state index in [-0.39, 0.29) is 25.6 Å². The third-order valence-electron chi connectivity index (χ3n) is 2.12. The first kappa shape index (κ1) is 17.2. The molecule has 0 aliphatic carbocycles. The summed E-state index contributed by atoms with van der Waals surface area (Å²) in [6.07, 6.45) is 0. The minimum atomic E-state index is -0.506. The van der Waals surface area contributed by atoms with E-state index in [0.29, 0.717) is 12.5 Å². The number of hydrogen-bond donors (Lipinski definition) is 2. The zero-order valence-corrected chi connectivity index (χ0v) is 12.0. The van der Waals surface area contributed by atoms with Crippen LogP contribution in [0.4, 0.5) is 4.79 Å². The first-order valence-corrected chi connectivity index (χ1v) is 6.28. The lowest BCUT2D eigenvalue weighted by Crippen LogP contribution is -2.45. The normalized spacial score (nSPS) is 9.95. The van der Waals surface area contributed by atoms with E-state index in [9.17, 15) is 14.4 Å². The molecule has 0 unspecified atom stereocenters. The summed E-state index contributed by atoms with van der Waals surface area (Å²) in [6.45, 7) is 6.22. The Morgan fingerprint density at radius 3 is 2.37 bits per heavy atom. The lowest BCUT2D eigenvalue weighted by atomic mass is 10.2. The van der Waals surface area contributed by atoms with Crippen molar-refractivity contribution in [1.82, 2.24) is 15.5 Å². The summed E-state index contributed by atoms with van der Waals surface area (Å²) in [5.41, 5.74) is 0. The Balaban J connectivity index is 3.93. The summed E-state index contributed by atoms with van der Waals surface area (Å²) in [6, 6.07) is -0.493. The lowest BCUT2D eigenvalue weighted by molar-refractivity contribution is -0.141. The van der Waals surface area contributed by atoms with Crippen molar-refractivity contribution in [2.75, 3.05) is 33.3 Å². The van der Waals surface area contributed by atoms with Gasteiger partial charge in [-0.05, 0) is 12.8 Å². The molecular weight excluding hydrogens is 250 g/mol. The van der Waals surface area contributed by atoms with Gasteiger partial charge in [0.05, 0.1) is 6.61 Å². The van der Waals surface area contributed by atoms with Crippen molar-refractivity contribution in [2.24, 2.45) is 5.92 Å². The molecule has 7 nitrogen and oxygen atoms in total. The molecule has 0 heterocycles. The van der Waals surface area contributed by atoms with Crippen molar-refractivity contribution in [3.8, 4) is 0 Å². The maximum absolute atomic E-state index is 11.6. The van der Waals surface area contributed by atoms with Gasteiger partial charge in [-0.2, -0.15) is 0 Å². The molecule has 7 heteroatoms. The molecule has 110 valence electrons. The number of nitrogens with zero attached hydrogens (tertiary/aromatic N) is 1. The third-order valence-corrected chi connectivity index (χ3v) is 2.12. The van der Waals surface area contributed by atoms with Gasteiger partial charge in [-0.15, -0.1) is 0 Å². The highest BCUT2D eigenvalue weighted by Gasteiger charge is 2.13. The fourth-order valence-electron chi connectivity index (χ4n) is 1.16. The molecule has 0 aromatic heterocycles. The summed E-state index contributed by atoms with van der Waals surface area (Å²) in [5, 5.41) is 5.07. The Kier molecular flexibility index (Phi) is 8.32. The molecule has 0 aromatic rings. The van der Waals surface area contributed by atoms with Crippen molar-refractivity contribution in [3.05, 3.63) is 0 Å². The molecule has 0 aliphatic rings. The summed E-state index contributed by atoms with van der Waals surface area (Å²) in [4.78, 5) is 35.3. The summed E-state index contributed by atoms with van der Waals surface area (Å²) in [7, 11) is 1.48. The van der Waals surface area contributed by atoms with Gasteiger partial charge in [-0.25, -0.2) is 4.79 Å². The molecule has 0 bridgehead atoms. The summed E-state index contributed by atoms with van der Waals surface area (Å²) in [5.74, 6) is -0.386. The van der Waals surface area contributed by atoms with Crippen LogP contribution in [0.5, 0.6) is 0 Å². The SMILES string of the molecule is CCOC(=O)CNC(=O)N(C)CC(=O)NCC(C)C. The molecule has 0 rings (SSSR count). The van der Waals surface area contributed by atoms with Crippen molar-refractivity contribution < 1.29 is 19.1 Å². The minimum Gasteiger partial charge on any atom is -0.465 e. The van der Waals surface area contributed by atoms with Crippen LogP contribution >= 0.6 is 0 Å². The molecule has 0 spiro atoms. The Morgan fingerprint density at radius 1 is 1.21 bits per heavy atom. The van der Waals surface area contributed by atoms with Gasteiger partial charge in [0.15, 0.2) is 0 Å². The first-order chi connectivity index (χ1) is 8.86. The molecule has 0 aliphatic heterocycles. The lowest BCUT2D eigenvalue weighted by Gasteiger charge is -2.17. The minimum absolute atomic E-state index is 0.0542. The Morgan fingerprint density at radius 2 is 1.84 bits per heavy atom. The maximum atomic E-state index is 11.6. The van der Waals surface area contributed by atoms with Crippen molar-refractivity contribution >= 4 is 17.9 Å². The smallest absolute Gasteiger partial charge is 0.325 e. The molecule has 0 saturated heterocycles. The number of ether oxygens (including phenoxy) is 1. The van der Waals surface area contributed by atoms with Crippen LogP contribution in [0.3, 0.4) is 0 Å². The molecule has 0 aromatic carbocycles. The van der Waals surface area contributed by atoms with E-state index in [1.807, 2.05) is 13.8 Å². The van der Waals surface area contributed by atoms with Crippen LogP contribution in [0.1, 0.15) is 20.8 Å². The van der Waals surface area contributed by atoms with E-state index in [1.165, 1.54) is 11.9 Å². The van der Waals surface area contributed by atoms with E-state index in [2.05, 4.69) is 15.4 Å². The third kappa shape index (κ3) is 8.87. The number of likely N-dealkylation sites (N-methyl/N-ethyl adjacent to an activating group) is 1. The summed E-state index contributed by atoms with van der Waals surface area (Å²) >= 11 is 0.